The predicted molar refractivity (Wildman–Crippen MR) is 88.0 cm³/mol. The number of fused-ring (bicyclic) bond motifs is 1. The largest absolute Gasteiger partial charge is 0.311 e. The van der Waals surface area contributed by atoms with Crippen molar-refractivity contribution in [1.82, 2.24) is 14.5 Å². The molecule has 2 aromatic heterocycles. The lowest BCUT2D eigenvalue weighted by Gasteiger charge is -2.34. The Labute approximate surface area is 135 Å². The van der Waals surface area contributed by atoms with Gasteiger partial charge in [-0.2, -0.15) is 0 Å². The van der Waals surface area contributed by atoms with Crippen LogP contribution >= 0.6 is 23.2 Å². The van der Waals surface area contributed by atoms with Crippen molar-refractivity contribution in [2.24, 2.45) is 5.41 Å². The summed E-state index contributed by atoms with van der Waals surface area (Å²) in [5.41, 5.74) is 2.05. The molecule has 0 amide bonds. The van der Waals surface area contributed by atoms with Crippen LogP contribution in [0.15, 0.2) is 12.3 Å². The summed E-state index contributed by atoms with van der Waals surface area (Å²) in [6.07, 6.45) is 8.19. The minimum Gasteiger partial charge on any atom is -0.311 e. The number of rotatable bonds is 3. The van der Waals surface area contributed by atoms with Crippen molar-refractivity contribution in [3.05, 3.63) is 23.1 Å². The third kappa shape index (κ3) is 3.04. The Kier molecular flexibility index (Phi) is 4.15. The van der Waals surface area contributed by atoms with Crippen LogP contribution in [0.25, 0.3) is 11.2 Å². The number of pyridine rings is 1. The van der Waals surface area contributed by atoms with Crippen LogP contribution in [0.5, 0.6) is 0 Å². The molecule has 3 nitrogen and oxygen atoms in total. The molecule has 5 heteroatoms. The van der Waals surface area contributed by atoms with Gasteiger partial charge in [-0.25, -0.2) is 9.97 Å². The van der Waals surface area contributed by atoms with Crippen LogP contribution in [0, 0.1) is 5.41 Å². The zero-order chi connectivity index (χ0) is 15.0. The molecular formula is C16H21Cl2N3. The van der Waals surface area contributed by atoms with Gasteiger partial charge in [0.25, 0.3) is 0 Å². The molecule has 1 fully saturated rings. The lowest BCUT2D eigenvalue weighted by Crippen LogP contribution is -2.27. The third-order valence-corrected chi connectivity index (χ3v) is 4.94. The summed E-state index contributed by atoms with van der Waals surface area (Å²) in [7, 11) is 0. The van der Waals surface area contributed by atoms with Gasteiger partial charge in [-0.15, -0.1) is 11.6 Å². The molecular weight excluding hydrogens is 305 g/mol. The van der Waals surface area contributed by atoms with Crippen molar-refractivity contribution in [3.8, 4) is 0 Å². The first-order valence-corrected chi connectivity index (χ1v) is 8.46. The summed E-state index contributed by atoms with van der Waals surface area (Å²) in [6.45, 7) is 5.27. The Hall–Kier alpha value is -0.800. The first-order valence-electron chi connectivity index (χ1n) is 7.64. The molecule has 0 spiro atoms. The number of alkyl halides is 1. The van der Waals surface area contributed by atoms with Crippen LogP contribution in [-0.4, -0.2) is 14.5 Å². The van der Waals surface area contributed by atoms with Gasteiger partial charge in [-0.05, 0) is 31.2 Å². The molecule has 1 aliphatic rings. The van der Waals surface area contributed by atoms with Crippen LogP contribution in [0.4, 0.5) is 0 Å². The van der Waals surface area contributed by atoms with E-state index in [1.54, 1.807) is 6.20 Å². The average molecular weight is 326 g/mol. The normalized spacial score (nSPS) is 19.8. The van der Waals surface area contributed by atoms with Crippen molar-refractivity contribution in [2.75, 3.05) is 0 Å². The first-order chi connectivity index (χ1) is 9.98. The Morgan fingerprint density at radius 1 is 1.33 bits per heavy atom. The molecule has 0 radical (unpaired) electrons. The number of hydrogen-bond donors (Lipinski definition) is 0. The molecule has 0 saturated heterocycles. The van der Waals surface area contributed by atoms with Crippen LogP contribution in [0.1, 0.15) is 57.2 Å². The summed E-state index contributed by atoms with van der Waals surface area (Å²) in [4.78, 5) is 9.14. The number of hydrogen-bond acceptors (Lipinski definition) is 2. The summed E-state index contributed by atoms with van der Waals surface area (Å²) < 4.78 is 2.20. The fraction of sp³-hybridized carbons (Fsp3) is 0.625. The van der Waals surface area contributed by atoms with E-state index in [1.807, 2.05) is 13.0 Å². The van der Waals surface area contributed by atoms with Crippen molar-refractivity contribution in [1.29, 1.82) is 0 Å². The fourth-order valence-corrected chi connectivity index (χ4v) is 3.73. The fourth-order valence-electron chi connectivity index (χ4n) is 3.41. The average Bonchev–Trinajstić information content (AvgIpc) is 2.77. The number of aromatic nitrogens is 3. The van der Waals surface area contributed by atoms with Gasteiger partial charge in [0, 0.05) is 12.7 Å². The quantitative estimate of drug-likeness (QED) is 0.711. The van der Waals surface area contributed by atoms with E-state index in [0.29, 0.717) is 10.4 Å². The molecule has 0 N–H and O–H groups in total. The van der Waals surface area contributed by atoms with Gasteiger partial charge in [0.2, 0.25) is 0 Å². The Bertz CT molecular complexity index is 642. The maximum atomic E-state index is 6.34. The van der Waals surface area contributed by atoms with E-state index in [-0.39, 0.29) is 5.38 Å². The smallest absolute Gasteiger partial charge is 0.160 e. The number of imidazole rings is 1. The Morgan fingerprint density at radius 2 is 2.05 bits per heavy atom. The van der Waals surface area contributed by atoms with Gasteiger partial charge in [0.15, 0.2) is 5.65 Å². The number of halogens is 2. The molecule has 0 bridgehead atoms. The third-order valence-electron chi connectivity index (χ3n) is 4.54. The highest BCUT2D eigenvalue weighted by Gasteiger charge is 2.29. The van der Waals surface area contributed by atoms with Crippen LogP contribution < -0.4 is 0 Å². The standard InChI is InChI=1S/C16H21Cl2N3/c1-11(17)14-20-13-8-12(18)9-19-15(13)21(14)10-16(2)6-4-3-5-7-16/h8-9,11H,3-7,10H2,1-2H3. The molecule has 114 valence electrons. The van der Waals surface area contributed by atoms with E-state index in [1.165, 1.54) is 32.1 Å². The lowest BCUT2D eigenvalue weighted by atomic mass is 9.75. The predicted octanol–water partition coefficient (Wildman–Crippen LogP) is 5.35. The molecule has 0 aliphatic heterocycles. The SMILES string of the molecule is CC(Cl)c1nc2cc(Cl)cnc2n1CC1(C)CCCCC1. The van der Waals surface area contributed by atoms with Gasteiger partial charge in [-0.3, -0.25) is 0 Å². The maximum absolute atomic E-state index is 6.34. The van der Waals surface area contributed by atoms with Crippen molar-refractivity contribution in [3.63, 3.8) is 0 Å². The summed E-state index contributed by atoms with van der Waals surface area (Å²) in [5.74, 6) is 0.897. The summed E-state index contributed by atoms with van der Waals surface area (Å²) in [5, 5.41) is 0.481. The van der Waals surface area contributed by atoms with Crippen molar-refractivity contribution < 1.29 is 0 Å². The van der Waals surface area contributed by atoms with Crippen molar-refractivity contribution in [2.45, 2.75) is 57.9 Å². The lowest BCUT2D eigenvalue weighted by molar-refractivity contribution is 0.183. The summed E-state index contributed by atoms with van der Waals surface area (Å²) in [6, 6.07) is 1.87. The van der Waals surface area contributed by atoms with Gasteiger partial charge < -0.3 is 4.57 Å². The second-order valence-electron chi connectivity index (χ2n) is 6.54. The maximum Gasteiger partial charge on any atom is 0.160 e. The van der Waals surface area contributed by atoms with Crippen molar-refractivity contribution >= 4 is 34.4 Å². The minimum absolute atomic E-state index is 0.134. The molecule has 1 unspecified atom stereocenters. The molecule has 2 heterocycles. The van der Waals surface area contributed by atoms with Gasteiger partial charge in [-0.1, -0.05) is 37.8 Å². The molecule has 2 aromatic rings. The van der Waals surface area contributed by atoms with E-state index in [4.69, 9.17) is 23.2 Å². The Morgan fingerprint density at radius 3 is 2.71 bits per heavy atom. The minimum atomic E-state index is -0.134. The molecule has 1 saturated carbocycles. The van der Waals surface area contributed by atoms with E-state index >= 15 is 0 Å². The molecule has 1 aliphatic carbocycles. The van der Waals surface area contributed by atoms with Gasteiger partial charge >= 0.3 is 0 Å². The van der Waals surface area contributed by atoms with E-state index in [0.717, 1.165) is 23.5 Å². The highest BCUT2D eigenvalue weighted by atomic mass is 35.5. The van der Waals surface area contributed by atoms with Gasteiger partial charge in [0.05, 0.1) is 10.4 Å². The first kappa shape index (κ1) is 15.1. The van der Waals surface area contributed by atoms with Crippen LogP contribution in [-0.2, 0) is 6.54 Å². The van der Waals surface area contributed by atoms with E-state index in [9.17, 15) is 0 Å². The van der Waals surface area contributed by atoms with E-state index in [2.05, 4.69) is 21.5 Å². The zero-order valence-electron chi connectivity index (χ0n) is 12.6. The zero-order valence-corrected chi connectivity index (χ0v) is 14.1. The van der Waals surface area contributed by atoms with E-state index < -0.39 is 0 Å². The number of nitrogens with zero attached hydrogens (tertiary/aromatic N) is 3. The van der Waals surface area contributed by atoms with Crippen LogP contribution in [0.3, 0.4) is 0 Å². The highest BCUT2D eigenvalue weighted by molar-refractivity contribution is 6.31. The second kappa shape index (κ2) is 5.77. The molecule has 1 atom stereocenters. The summed E-state index contributed by atoms with van der Waals surface area (Å²) >= 11 is 12.4. The second-order valence-corrected chi connectivity index (χ2v) is 7.63. The molecule has 21 heavy (non-hydrogen) atoms. The Balaban J connectivity index is 2.04. The van der Waals surface area contributed by atoms with Gasteiger partial charge in [0.1, 0.15) is 11.3 Å². The molecule has 0 aromatic carbocycles. The molecule has 3 rings (SSSR count). The monoisotopic (exact) mass is 325 g/mol. The van der Waals surface area contributed by atoms with Crippen LogP contribution in [0.2, 0.25) is 5.02 Å². The topological polar surface area (TPSA) is 30.7 Å². The highest BCUT2D eigenvalue weighted by Crippen LogP contribution is 2.39.